The lowest BCUT2D eigenvalue weighted by Gasteiger charge is -2.36. The van der Waals surface area contributed by atoms with E-state index in [2.05, 4.69) is 22.5 Å². The number of fused-ring (bicyclic) bond motifs is 1. The van der Waals surface area contributed by atoms with Crippen molar-refractivity contribution in [1.82, 2.24) is 10.6 Å². The van der Waals surface area contributed by atoms with Crippen molar-refractivity contribution in [2.24, 2.45) is 5.41 Å². The van der Waals surface area contributed by atoms with Crippen LogP contribution < -0.4 is 20.3 Å². The number of anilines is 2. The molecule has 258 valence electrons. The van der Waals surface area contributed by atoms with Crippen molar-refractivity contribution in [1.29, 1.82) is 0 Å². The SMILES string of the molecule is CCCCC1(CC)CN(c2ccccc2)c2cc(SC)c(OCC(=O)NC(C(=O)NCCC(=O)O)c3ccc(O)cc3)cc2S(=O)(=O)C1. The predicted molar refractivity (Wildman–Crippen MR) is 186 cm³/mol. The van der Waals surface area contributed by atoms with Gasteiger partial charge in [-0.25, -0.2) is 8.42 Å². The first-order valence-corrected chi connectivity index (χ1v) is 18.8. The molecule has 1 aliphatic heterocycles. The summed E-state index contributed by atoms with van der Waals surface area (Å²) in [6, 6.07) is 17.5. The molecular weight excluding hydrogens is 655 g/mol. The molecule has 0 saturated carbocycles. The molecule has 0 aliphatic carbocycles. The highest BCUT2D eigenvalue weighted by atomic mass is 32.2. The second kappa shape index (κ2) is 16.2. The molecule has 0 spiro atoms. The number of aliphatic carboxylic acids is 1. The number of nitrogens with zero attached hydrogens (tertiary/aromatic N) is 1. The second-order valence-corrected chi connectivity index (χ2v) is 14.7. The Balaban J connectivity index is 1.65. The van der Waals surface area contributed by atoms with Gasteiger partial charge in [0.1, 0.15) is 17.5 Å². The van der Waals surface area contributed by atoms with E-state index in [9.17, 15) is 27.9 Å². The number of carboxylic acids is 1. The van der Waals surface area contributed by atoms with E-state index in [1.54, 1.807) is 6.07 Å². The average molecular weight is 698 g/mol. The zero-order chi connectivity index (χ0) is 34.9. The van der Waals surface area contributed by atoms with Crippen molar-refractivity contribution in [3.05, 3.63) is 72.3 Å². The molecule has 0 fully saturated rings. The van der Waals surface area contributed by atoms with E-state index in [1.807, 2.05) is 43.5 Å². The van der Waals surface area contributed by atoms with Crippen LogP contribution in [0.2, 0.25) is 0 Å². The monoisotopic (exact) mass is 697 g/mol. The summed E-state index contributed by atoms with van der Waals surface area (Å²) in [4.78, 5) is 40.0. The normalized spacial score (nSPS) is 17.4. The van der Waals surface area contributed by atoms with Gasteiger partial charge in [0, 0.05) is 30.3 Å². The lowest BCUT2D eigenvalue weighted by atomic mass is 9.81. The maximum atomic E-state index is 14.2. The molecule has 0 radical (unpaired) electrons. The van der Waals surface area contributed by atoms with Crippen LogP contribution in [0.15, 0.2) is 76.5 Å². The molecule has 2 atom stereocenters. The Kier molecular flexibility index (Phi) is 12.4. The van der Waals surface area contributed by atoms with Crippen molar-refractivity contribution in [2.75, 3.05) is 36.6 Å². The second-order valence-electron chi connectivity index (χ2n) is 11.9. The lowest BCUT2D eigenvalue weighted by molar-refractivity contribution is -0.137. The third kappa shape index (κ3) is 9.01. The number of para-hydroxylation sites is 1. The van der Waals surface area contributed by atoms with Gasteiger partial charge in [-0.2, -0.15) is 0 Å². The Bertz CT molecular complexity index is 1700. The van der Waals surface area contributed by atoms with Gasteiger partial charge in [0.25, 0.3) is 5.91 Å². The molecule has 1 heterocycles. The Morgan fingerprint density at radius 2 is 1.77 bits per heavy atom. The maximum absolute atomic E-state index is 14.2. The molecule has 0 aromatic heterocycles. The van der Waals surface area contributed by atoms with Gasteiger partial charge in [-0.1, -0.05) is 57.0 Å². The Morgan fingerprint density at radius 1 is 1.06 bits per heavy atom. The van der Waals surface area contributed by atoms with E-state index >= 15 is 0 Å². The van der Waals surface area contributed by atoms with Crippen LogP contribution in [-0.4, -0.2) is 68.1 Å². The van der Waals surface area contributed by atoms with E-state index in [0.29, 0.717) is 29.1 Å². The number of sulfone groups is 1. The molecule has 4 rings (SSSR count). The first-order chi connectivity index (χ1) is 22.9. The van der Waals surface area contributed by atoms with Gasteiger partial charge in [-0.15, -0.1) is 11.8 Å². The number of hydrogen-bond donors (Lipinski definition) is 4. The summed E-state index contributed by atoms with van der Waals surface area (Å²) in [6.07, 6.45) is 4.85. The highest BCUT2D eigenvalue weighted by Crippen LogP contribution is 2.47. The van der Waals surface area contributed by atoms with Gasteiger partial charge in [-0.05, 0) is 55.0 Å². The minimum atomic E-state index is -3.79. The number of benzene rings is 3. The smallest absolute Gasteiger partial charge is 0.305 e. The number of ether oxygens (including phenoxy) is 1. The molecule has 2 amide bonds. The molecular formula is C35H43N3O8S2. The molecule has 1 aliphatic rings. The molecule has 11 nitrogen and oxygen atoms in total. The number of nitrogens with one attached hydrogen (secondary N) is 2. The average Bonchev–Trinajstić information content (AvgIpc) is 3.17. The fraction of sp³-hybridized carbons (Fsp3) is 0.400. The van der Waals surface area contributed by atoms with E-state index in [1.165, 1.54) is 42.1 Å². The number of aromatic hydroxyl groups is 1. The van der Waals surface area contributed by atoms with Gasteiger partial charge in [0.2, 0.25) is 5.91 Å². The van der Waals surface area contributed by atoms with Crippen LogP contribution in [0.4, 0.5) is 11.4 Å². The molecule has 0 saturated heterocycles. The number of carbonyl (C=O) groups is 3. The van der Waals surface area contributed by atoms with Crippen molar-refractivity contribution >= 4 is 50.8 Å². The molecule has 0 bridgehead atoms. The highest BCUT2D eigenvalue weighted by molar-refractivity contribution is 7.98. The van der Waals surface area contributed by atoms with Crippen LogP contribution in [0.5, 0.6) is 11.5 Å². The molecule has 4 N–H and O–H groups in total. The Hall–Kier alpha value is -4.23. The van der Waals surface area contributed by atoms with E-state index < -0.39 is 45.7 Å². The van der Waals surface area contributed by atoms with Gasteiger partial charge in [0.05, 0.1) is 27.7 Å². The third-order valence-corrected chi connectivity index (χ3v) is 11.3. The number of thioether (sulfide) groups is 1. The van der Waals surface area contributed by atoms with Crippen molar-refractivity contribution < 1.29 is 37.8 Å². The number of phenols is 1. The van der Waals surface area contributed by atoms with Crippen molar-refractivity contribution in [3.63, 3.8) is 0 Å². The standard InChI is InChI=1S/C35H43N3O8S2/c1-4-6-17-35(5-2)22-38(25-10-8-7-9-11-25)27-19-29(47-3)28(20-30(27)48(44,45)23-35)46-21-31(40)37-33(24-12-14-26(39)15-13-24)34(43)36-18-16-32(41)42/h7-15,19-20,33,39H,4-6,16-18,21-23H2,1-3H3,(H,36,43)(H,37,40)(H,41,42). The van der Waals surface area contributed by atoms with Crippen molar-refractivity contribution in [2.45, 2.75) is 61.8 Å². The largest absolute Gasteiger partial charge is 0.508 e. The number of amides is 2. The summed E-state index contributed by atoms with van der Waals surface area (Å²) in [5.41, 5.74) is 1.32. The predicted octanol–water partition coefficient (Wildman–Crippen LogP) is 5.45. The lowest BCUT2D eigenvalue weighted by Crippen LogP contribution is -2.42. The molecule has 48 heavy (non-hydrogen) atoms. The van der Waals surface area contributed by atoms with Crippen LogP contribution in [0.3, 0.4) is 0 Å². The number of unbranched alkanes of at least 4 members (excludes halogenated alkanes) is 1. The number of rotatable bonds is 15. The zero-order valence-electron chi connectivity index (χ0n) is 27.4. The summed E-state index contributed by atoms with van der Waals surface area (Å²) in [5.74, 6) is -2.22. The molecule has 3 aromatic rings. The molecule has 2 unspecified atom stereocenters. The van der Waals surface area contributed by atoms with Crippen LogP contribution in [-0.2, 0) is 24.2 Å². The number of carbonyl (C=O) groups excluding carboxylic acids is 2. The van der Waals surface area contributed by atoms with E-state index in [0.717, 1.165) is 24.9 Å². The quantitative estimate of drug-likeness (QED) is 0.150. The van der Waals surface area contributed by atoms with Gasteiger partial charge < -0.3 is 30.5 Å². The summed E-state index contributed by atoms with van der Waals surface area (Å²) in [7, 11) is -3.79. The van der Waals surface area contributed by atoms with Gasteiger partial charge in [-0.3, -0.25) is 14.4 Å². The van der Waals surface area contributed by atoms with Crippen LogP contribution in [0, 0.1) is 5.41 Å². The summed E-state index contributed by atoms with van der Waals surface area (Å²) < 4.78 is 34.3. The zero-order valence-corrected chi connectivity index (χ0v) is 29.0. The minimum Gasteiger partial charge on any atom is -0.508 e. The Morgan fingerprint density at radius 3 is 2.40 bits per heavy atom. The maximum Gasteiger partial charge on any atom is 0.305 e. The van der Waals surface area contributed by atoms with Gasteiger partial charge in [0.15, 0.2) is 16.4 Å². The Labute approximate surface area is 286 Å². The molecule has 3 aromatic carbocycles. The van der Waals surface area contributed by atoms with Crippen molar-refractivity contribution in [3.8, 4) is 11.5 Å². The van der Waals surface area contributed by atoms with Gasteiger partial charge >= 0.3 is 5.97 Å². The number of hydrogen-bond acceptors (Lipinski definition) is 9. The van der Waals surface area contributed by atoms with E-state index in [4.69, 9.17) is 9.84 Å². The fourth-order valence-electron chi connectivity index (χ4n) is 5.85. The highest BCUT2D eigenvalue weighted by Gasteiger charge is 2.42. The third-order valence-electron chi connectivity index (χ3n) is 8.53. The minimum absolute atomic E-state index is 0.0172. The van der Waals surface area contributed by atoms with Crippen LogP contribution in [0.25, 0.3) is 0 Å². The molecule has 13 heteroatoms. The number of phenolic OH excluding ortho intramolecular Hbond substituents is 1. The first kappa shape index (κ1) is 36.6. The van der Waals surface area contributed by atoms with E-state index in [-0.39, 0.29) is 35.1 Å². The first-order valence-electron chi connectivity index (χ1n) is 15.9. The van der Waals surface area contributed by atoms with Crippen LogP contribution in [0.1, 0.15) is 57.6 Å². The fourth-order valence-corrected chi connectivity index (χ4v) is 8.57. The summed E-state index contributed by atoms with van der Waals surface area (Å²) in [6.45, 7) is 4.00. The van der Waals surface area contributed by atoms with Crippen LogP contribution >= 0.6 is 11.8 Å². The summed E-state index contributed by atoms with van der Waals surface area (Å²) >= 11 is 1.36. The number of carboxylic acid groups (broad SMARTS) is 1. The summed E-state index contributed by atoms with van der Waals surface area (Å²) in [5, 5.41) is 23.8. The topological polar surface area (TPSA) is 162 Å².